The van der Waals surface area contributed by atoms with Gasteiger partial charge in [0.2, 0.25) is 0 Å². The van der Waals surface area contributed by atoms with Gasteiger partial charge in [-0.15, -0.1) is 0 Å². The third-order valence-corrected chi connectivity index (χ3v) is 3.30. The summed E-state index contributed by atoms with van der Waals surface area (Å²) in [4.78, 5) is 0. The van der Waals surface area contributed by atoms with E-state index in [0.717, 1.165) is 27.3 Å². The van der Waals surface area contributed by atoms with Crippen molar-refractivity contribution >= 4 is 21.5 Å². The first-order valence-corrected chi connectivity index (χ1v) is 5.98. The summed E-state index contributed by atoms with van der Waals surface area (Å²) in [5.41, 5.74) is 0. The van der Waals surface area contributed by atoms with Crippen LogP contribution in [0.1, 0.15) is 0 Å². The number of benzene rings is 3. The van der Waals surface area contributed by atoms with E-state index in [1.165, 1.54) is 12.1 Å². The maximum absolute atomic E-state index is 13.5. The van der Waals surface area contributed by atoms with Gasteiger partial charge in [0.25, 0.3) is 0 Å². The van der Waals surface area contributed by atoms with Gasteiger partial charge in [-0.05, 0) is 18.2 Å². The number of ether oxygens (including phenoxy) is 2. The second kappa shape index (κ2) is 4.43. The average Bonchev–Trinajstić information content (AvgIpc) is 2.44. The Morgan fingerprint density at radius 1 is 0.737 bits per heavy atom. The van der Waals surface area contributed by atoms with E-state index >= 15 is 0 Å². The van der Waals surface area contributed by atoms with E-state index in [4.69, 9.17) is 9.47 Å². The molecule has 0 unspecified atom stereocenters. The van der Waals surface area contributed by atoms with Crippen molar-refractivity contribution < 1.29 is 13.9 Å². The van der Waals surface area contributed by atoms with Gasteiger partial charge in [0.1, 0.15) is 17.3 Å². The largest absolute Gasteiger partial charge is 0.495 e. The zero-order valence-corrected chi connectivity index (χ0v) is 10.7. The predicted octanol–water partition coefficient (Wildman–Crippen LogP) is 4.15. The Morgan fingerprint density at radius 3 is 1.84 bits per heavy atom. The van der Waals surface area contributed by atoms with Crippen molar-refractivity contribution in [3.05, 3.63) is 48.3 Å². The minimum absolute atomic E-state index is 0.289. The van der Waals surface area contributed by atoms with Crippen LogP contribution in [-0.4, -0.2) is 14.2 Å². The topological polar surface area (TPSA) is 18.5 Å². The minimum Gasteiger partial charge on any atom is -0.495 e. The summed E-state index contributed by atoms with van der Waals surface area (Å²) >= 11 is 0. The molecule has 0 aliphatic rings. The maximum atomic E-state index is 13.5. The molecule has 0 saturated carbocycles. The molecule has 0 heterocycles. The number of hydrogen-bond acceptors (Lipinski definition) is 2. The molecule has 3 aromatic carbocycles. The highest BCUT2D eigenvalue weighted by molar-refractivity contribution is 6.11. The number of hydrogen-bond donors (Lipinski definition) is 0. The van der Waals surface area contributed by atoms with Crippen LogP contribution in [0.25, 0.3) is 21.5 Å². The lowest BCUT2D eigenvalue weighted by Gasteiger charge is -2.14. The summed E-state index contributed by atoms with van der Waals surface area (Å²) in [6.45, 7) is 0. The molecular formula is C16H13FO2. The van der Waals surface area contributed by atoms with E-state index in [1.54, 1.807) is 20.3 Å². The Morgan fingerprint density at radius 2 is 1.26 bits per heavy atom. The number of fused-ring (bicyclic) bond motifs is 2. The highest BCUT2D eigenvalue weighted by atomic mass is 19.1. The highest BCUT2D eigenvalue weighted by Gasteiger charge is 2.14. The Kier molecular flexibility index (Phi) is 2.75. The van der Waals surface area contributed by atoms with E-state index in [-0.39, 0.29) is 5.82 Å². The summed E-state index contributed by atoms with van der Waals surface area (Å²) in [5, 5.41) is 3.44. The van der Waals surface area contributed by atoms with Gasteiger partial charge < -0.3 is 9.47 Å². The van der Waals surface area contributed by atoms with Gasteiger partial charge in [-0.2, -0.15) is 0 Å². The lowest BCUT2D eigenvalue weighted by Crippen LogP contribution is -1.93. The van der Waals surface area contributed by atoms with E-state index in [2.05, 4.69) is 0 Å². The molecule has 3 aromatic rings. The van der Waals surface area contributed by atoms with Crippen LogP contribution < -0.4 is 9.47 Å². The number of methoxy groups -OCH3 is 2. The van der Waals surface area contributed by atoms with Crippen molar-refractivity contribution in [2.24, 2.45) is 0 Å². The van der Waals surface area contributed by atoms with Crippen molar-refractivity contribution in [1.82, 2.24) is 0 Å². The van der Waals surface area contributed by atoms with Crippen LogP contribution in [0.5, 0.6) is 11.5 Å². The molecular weight excluding hydrogens is 243 g/mol. The fourth-order valence-corrected chi connectivity index (χ4v) is 2.51. The Bertz CT molecular complexity index is 765. The molecule has 0 aliphatic heterocycles. The Balaban J connectivity index is 2.60. The fourth-order valence-electron chi connectivity index (χ4n) is 2.51. The molecule has 0 aromatic heterocycles. The van der Waals surface area contributed by atoms with Crippen LogP contribution in [0.2, 0.25) is 0 Å². The van der Waals surface area contributed by atoms with Gasteiger partial charge >= 0.3 is 0 Å². The van der Waals surface area contributed by atoms with Crippen molar-refractivity contribution in [3.8, 4) is 11.5 Å². The normalized spacial score (nSPS) is 10.9. The minimum atomic E-state index is -0.289. The SMILES string of the molecule is COc1c2ccccc2c(OC)c2cc(F)ccc12. The van der Waals surface area contributed by atoms with Crippen LogP contribution in [0.3, 0.4) is 0 Å². The lowest BCUT2D eigenvalue weighted by atomic mass is 10.0. The van der Waals surface area contributed by atoms with Gasteiger partial charge in [-0.25, -0.2) is 4.39 Å². The first-order valence-electron chi connectivity index (χ1n) is 5.98. The van der Waals surface area contributed by atoms with Crippen LogP contribution >= 0.6 is 0 Å². The van der Waals surface area contributed by atoms with E-state index in [0.29, 0.717) is 5.75 Å². The first kappa shape index (κ1) is 11.8. The third-order valence-electron chi connectivity index (χ3n) is 3.30. The summed E-state index contributed by atoms with van der Waals surface area (Å²) < 4.78 is 24.5. The Hall–Kier alpha value is -2.29. The van der Waals surface area contributed by atoms with Crippen molar-refractivity contribution in [1.29, 1.82) is 0 Å². The zero-order chi connectivity index (χ0) is 13.4. The number of rotatable bonds is 2. The summed E-state index contributed by atoms with van der Waals surface area (Å²) in [5.74, 6) is 1.13. The van der Waals surface area contributed by atoms with Gasteiger partial charge in [-0.1, -0.05) is 24.3 Å². The van der Waals surface area contributed by atoms with Crippen molar-refractivity contribution in [2.45, 2.75) is 0 Å². The molecule has 2 nitrogen and oxygen atoms in total. The molecule has 0 aliphatic carbocycles. The monoisotopic (exact) mass is 256 g/mol. The van der Waals surface area contributed by atoms with Crippen molar-refractivity contribution in [3.63, 3.8) is 0 Å². The molecule has 0 atom stereocenters. The molecule has 0 amide bonds. The van der Waals surface area contributed by atoms with Gasteiger partial charge in [0.05, 0.1) is 14.2 Å². The quantitative estimate of drug-likeness (QED) is 0.641. The highest BCUT2D eigenvalue weighted by Crippen LogP contribution is 2.42. The molecule has 19 heavy (non-hydrogen) atoms. The van der Waals surface area contributed by atoms with Gasteiger partial charge in [0.15, 0.2) is 0 Å². The molecule has 96 valence electrons. The molecule has 3 heteroatoms. The van der Waals surface area contributed by atoms with E-state index < -0.39 is 0 Å². The lowest BCUT2D eigenvalue weighted by molar-refractivity contribution is 0.417. The summed E-state index contributed by atoms with van der Waals surface area (Å²) in [7, 11) is 3.22. The second-order valence-electron chi connectivity index (χ2n) is 4.30. The molecule has 0 radical (unpaired) electrons. The van der Waals surface area contributed by atoms with Crippen LogP contribution in [0.15, 0.2) is 42.5 Å². The standard InChI is InChI=1S/C16H13FO2/c1-18-15-11-5-3-4-6-12(11)16(19-2)14-9-10(17)7-8-13(14)15/h3-9H,1-2H3. The average molecular weight is 256 g/mol. The van der Waals surface area contributed by atoms with E-state index in [1.807, 2.05) is 24.3 Å². The smallest absolute Gasteiger partial charge is 0.134 e. The molecule has 3 rings (SSSR count). The van der Waals surface area contributed by atoms with Crippen LogP contribution in [0.4, 0.5) is 4.39 Å². The molecule has 0 N–H and O–H groups in total. The third kappa shape index (κ3) is 1.70. The van der Waals surface area contributed by atoms with Crippen LogP contribution in [-0.2, 0) is 0 Å². The molecule has 0 fully saturated rings. The van der Waals surface area contributed by atoms with E-state index in [9.17, 15) is 4.39 Å². The summed E-state index contributed by atoms with van der Waals surface area (Å²) in [6.07, 6.45) is 0. The van der Waals surface area contributed by atoms with Crippen molar-refractivity contribution in [2.75, 3.05) is 14.2 Å². The summed E-state index contributed by atoms with van der Waals surface area (Å²) in [6, 6.07) is 12.4. The number of halogens is 1. The van der Waals surface area contributed by atoms with Crippen LogP contribution in [0, 0.1) is 5.82 Å². The Labute approximate surface area is 110 Å². The first-order chi connectivity index (χ1) is 9.26. The predicted molar refractivity (Wildman–Crippen MR) is 74.5 cm³/mol. The zero-order valence-electron chi connectivity index (χ0n) is 10.7. The maximum Gasteiger partial charge on any atom is 0.134 e. The molecule has 0 spiro atoms. The fraction of sp³-hybridized carbons (Fsp3) is 0.125. The van der Waals surface area contributed by atoms with Gasteiger partial charge in [0, 0.05) is 21.5 Å². The second-order valence-corrected chi connectivity index (χ2v) is 4.30. The van der Waals surface area contributed by atoms with Gasteiger partial charge in [-0.3, -0.25) is 0 Å². The molecule has 0 saturated heterocycles. The molecule has 0 bridgehead atoms.